The number of carboxylic acids is 1. The molecule has 1 amide bonds. The molecule has 2 atom stereocenters. The van der Waals surface area contributed by atoms with Crippen LogP contribution in [0.15, 0.2) is 12.7 Å². The lowest BCUT2D eigenvalue weighted by atomic mass is 9.92. The van der Waals surface area contributed by atoms with Gasteiger partial charge in [0.2, 0.25) is 5.91 Å². The van der Waals surface area contributed by atoms with Gasteiger partial charge in [-0.05, 0) is 25.3 Å². The molecular weight excluding hydrogens is 220 g/mol. The van der Waals surface area contributed by atoms with E-state index in [-0.39, 0.29) is 12.5 Å². The molecule has 1 heterocycles. The van der Waals surface area contributed by atoms with Crippen molar-refractivity contribution in [1.82, 2.24) is 10.2 Å². The van der Waals surface area contributed by atoms with Gasteiger partial charge in [-0.3, -0.25) is 14.5 Å². The number of carbonyl (C=O) groups is 2. The monoisotopic (exact) mass is 240 g/mol. The number of hydrogen-bond donors (Lipinski definition) is 2. The van der Waals surface area contributed by atoms with E-state index < -0.39 is 12.0 Å². The number of nitrogens with one attached hydrogen (secondary N) is 1. The van der Waals surface area contributed by atoms with Crippen LogP contribution in [0.4, 0.5) is 0 Å². The van der Waals surface area contributed by atoms with E-state index in [0.29, 0.717) is 25.4 Å². The van der Waals surface area contributed by atoms with Crippen LogP contribution in [-0.2, 0) is 9.59 Å². The number of rotatable bonds is 5. The van der Waals surface area contributed by atoms with E-state index in [1.807, 2.05) is 6.92 Å². The smallest absolute Gasteiger partial charge is 0.320 e. The van der Waals surface area contributed by atoms with Crippen molar-refractivity contribution in [3.05, 3.63) is 12.7 Å². The summed E-state index contributed by atoms with van der Waals surface area (Å²) in [7, 11) is 0. The Hall–Kier alpha value is -1.36. The summed E-state index contributed by atoms with van der Waals surface area (Å²) >= 11 is 0. The molecule has 0 saturated carbocycles. The first-order chi connectivity index (χ1) is 8.04. The molecule has 1 rings (SSSR count). The molecule has 96 valence electrons. The first-order valence-corrected chi connectivity index (χ1v) is 5.89. The maximum absolute atomic E-state index is 11.5. The Balaban J connectivity index is 2.52. The quantitative estimate of drug-likeness (QED) is 0.686. The lowest BCUT2D eigenvalue weighted by Gasteiger charge is -2.35. The number of carboxylic acid groups (broad SMARTS) is 1. The number of nitrogens with zero attached hydrogens (tertiary/aromatic N) is 1. The van der Waals surface area contributed by atoms with Crippen molar-refractivity contribution in [2.24, 2.45) is 5.92 Å². The van der Waals surface area contributed by atoms with Crippen molar-refractivity contribution in [1.29, 1.82) is 0 Å². The van der Waals surface area contributed by atoms with Gasteiger partial charge in [-0.25, -0.2) is 0 Å². The van der Waals surface area contributed by atoms with E-state index in [1.54, 1.807) is 11.0 Å². The van der Waals surface area contributed by atoms with Crippen LogP contribution in [0.1, 0.15) is 19.8 Å². The van der Waals surface area contributed by atoms with Gasteiger partial charge in [0.15, 0.2) is 0 Å². The van der Waals surface area contributed by atoms with Crippen molar-refractivity contribution in [2.75, 3.05) is 19.6 Å². The second-order valence-electron chi connectivity index (χ2n) is 4.55. The largest absolute Gasteiger partial charge is 0.480 e. The molecule has 0 radical (unpaired) electrons. The Kier molecular flexibility index (Phi) is 5.15. The van der Waals surface area contributed by atoms with E-state index in [0.717, 1.165) is 6.42 Å². The molecule has 5 nitrogen and oxygen atoms in total. The Morgan fingerprint density at radius 2 is 2.29 bits per heavy atom. The van der Waals surface area contributed by atoms with E-state index >= 15 is 0 Å². The maximum atomic E-state index is 11.5. The van der Waals surface area contributed by atoms with Crippen LogP contribution in [0.5, 0.6) is 0 Å². The second kappa shape index (κ2) is 6.39. The van der Waals surface area contributed by atoms with E-state index in [9.17, 15) is 9.59 Å². The Bertz CT molecular complexity index is 304. The number of carbonyl (C=O) groups excluding carboxylic acids is 1. The van der Waals surface area contributed by atoms with Gasteiger partial charge in [0.05, 0.1) is 6.54 Å². The molecule has 1 aliphatic heterocycles. The predicted octanol–water partition coefficient (Wildman–Crippen LogP) is 0.474. The minimum atomic E-state index is -0.840. The van der Waals surface area contributed by atoms with Gasteiger partial charge in [-0.2, -0.15) is 0 Å². The highest BCUT2D eigenvalue weighted by atomic mass is 16.4. The molecule has 0 bridgehead atoms. The zero-order chi connectivity index (χ0) is 12.8. The van der Waals surface area contributed by atoms with Gasteiger partial charge in [-0.1, -0.05) is 13.0 Å². The summed E-state index contributed by atoms with van der Waals surface area (Å²) in [6, 6.07) is -0.534. The number of aliphatic carboxylic acids is 1. The summed E-state index contributed by atoms with van der Waals surface area (Å²) in [4.78, 5) is 24.4. The van der Waals surface area contributed by atoms with Crippen molar-refractivity contribution >= 4 is 11.9 Å². The molecule has 1 fully saturated rings. The fourth-order valence-electron chi connectivity index (χ4n) is 2.06. The highest BCUT2D eigenvalue weighted by Crippen LogP contribution is 2.22. The highest BCUT2D eigenvalue weighted by molar-refractivity contribution is 5.80. The molecule has 0 aromatic rings. The summed E-state index contributed by atoms with van der Waals surface area (Å²) in [6.07, 6.45) is 3.16. The van der Waals surface area contributed by atoms with Crippen LogP contribution in [0.25, 0.3) is 0 Å². The summed E-state index contributed by atoms with van der Waals surface area (Å²) in [5.41, 5.74) is 0. The SMILES string of the molecule is C=CCNC(=O)CN1CCC(C)CC1C(=O)O. The first-order valence-electron chi connectivity index (χ1n) is 5.89. The third-order valence-electron chi connectivity index (χ3n) is 3.05. The molecular formula is C12H20N2O3. The highest BCUT2D eigenvalue weighted by Gasteiger charge is 2.32. The number of likely N-dealkylation sites (tertiary alicyclic amines) is 1. The van der Waals surface area contributed by atoms with Gasteiger partial charge in [0.1, 0.15) is 6.04 Å². The molecule has 0 aliphatic carbocycles. The third kappa shape index (κ3) is 4.19. The van der Waals surface area contributed by atoms with Gasteiger partial charge in [0.25, 0.3) is 0 Å². The molecule has 0 aromatic carbocycles. The zero-order valence-corrected chi connectivity index (χ0v) is 10.2. The minimum absolute atomic E-state index is 0.147. The third-order valence-corrected chi connectivity index (χ3v) is 3.05. The van der Waals surface area contributed by atoms with Crippen LogP contribution in [0, 0.1) is 5.92 Å². The van der Waals surface area contributed by atoms with Crippen LogP contribution in [0.2, 0.25) is 0 Å². The molecule has 0 spiro atoms. The number of amides is 1. The first kappa shape index (κ1) is 13.7. The maximum Gasteiger partial charge on any atom is 0.320 e. The van der Waals surface area contributed by atoms with Gasteiger partial charge >= 0.3 is 5.97 Å². The fraction of sp³-hybridized carbons (Fsp3) is 0.667. The average Bonchev–Trinajstić information content (AvgIpc) is 2.28. The standard InChI is InChI=1S/C12H20N2O3/c1-3-5-13-11(15)8-14-6-4-9(2)7-10(14)12(16)17/h3,9-10H,1,4-8H2,2H3,(H,13,15)(H,16,17). The van der Waals surface area contributed by atoms with Crippen molar-refractivity contribution in [2.45, 2.75) is 25.8 Å². The normalized spacial score (nSPS) is 25.2. The summed E-state index contributed by atoms with van der Waals surface area (Å²) in [5, 5.41) is 11.8. The Morgan fingerprint density at radius 1 is 1.59 bits per heavy atom. The molecule has 1 aliphatic rings. The average molecular weight is 240 g/mol. The second-order valence-corrected chi connectivity index (χ2v) is 4.55. The molecule has 17 heavy (non-hydrogen) atoms. The van der Waals surface area contributed by atoms with Crippen LogP contribution >= 0.6 is 0 Å². The molecule has 1 saturated heterocycles. The van der Waals surface area contributed by atoms with Crippen molar-refractivity contribution in [3.63, 3.8) is 0 Å². The molecule has 5 heteroatoms. The van der Waals surface area contributed by atoms with Crippen molar-refractivity contribution < 1.29 is 14.7 Å². The van der Waals surface area contributed by atoms with Crippen molar-refractivity contribution in [3.8, 4) is 0 Å². The van der Waals surface area contributed by atoms with Gasteiger partial charge in [-0.15, -0.1) is 6.58 Å². The molecule has 0 aromatic heterocycles. The van der Waals surface area contributed by atoms with Crippen LogP contribution in [0.3, 0.4) is 0 Å². The number of piperidine rings is 1. The summed E-state index contributed by atoms with van der Waals surface area (Å²) in [5.74, 6) is -0.581. The minimum Gasteiger partial charge on any atom is -0.480 e. The predicted molar refractivity (Wildman–Crippen MR) is 64.6 cm³/mol. The van der Waals surface area contributed by atoms with Gasteiger partial charge < -0.3 is 10.4 Å². The lowest BCUT2D eigenvalue weighted by molar-refractivity contribution is -0.146. The Labute approximate surface area is 101 Å². The lowest BCUT2D eigenvalue weighted by Crippen LogP contribution is -2.50. The topological polar surface area (TPSA) is 69.6 Å². The van der Waals surface area contributed by atoms with Crippen LogP contribution < -0.4 is 5.32 Å². The molecule has 2 N–H and O–H groups in total. The van der Waals surface area contributed by atoms with Gasteiger partial charge in [0, 0.05) is 6.54 Å². The van der Waals surface area contributed by atoms with Crippen LogP contribution in [-0.4, -0.2) is 47.6 Å². The molecule has 2 unspecified atom stereocenters. The zero-order valence-electron chi connectivity index (χ0n) is 10.2. The van der Waals surface area contributed by atoms with E-state index in [1.165, 1.54) is 0 Å². The summed E-state index contributed by atoms with van der Waals surface area (Å²) in [6.45, 7) is 6.79. The fourth-order valence-corrected chi connectivity index (χ4v) is 2.06. The summed E-state index contributed by atoms with van der Waals surface area (Å²) < 4.78 is 0. The van der Waals surface area contributed by atoms with E-state index in [4.69, 9.17) is 5.11 Å². The van der Waals surface area contributed by atoms with E-state index in [2.05, 4.69) is 11.9 Å². The number of hydrogen-bond acceptors (Lipinski definition) is 3. The Morgan fingerprint density at radius 3 is 2.88 bits per heavy atom.